The lowest BCUT2D eigenvalue weighted by Crippen LogP contribution is -2.40. The largest absolute Gasteiger partial charge is 0.497 e. The zero-order valence-electron chi connectivity index (χ0n) is 21.2. The van der Waals surface area contributed by atoms with Crippen molar-refractivity contribution in [2.75, 3.05) is 19.5 Å². The van der Waals surface area contributed by atoms with E-state index in [-0.39, 0.29) is 17.0 Å². The minimum absolute atomic E-state index is 0.000195. The van der Waals surface area contributed by atoms with Gasteiger partial charge >= 0.3 is 0 Å². The van der Waals surface area contributed by atoms with Crippen LogP contribution in [0.1, 0.15) is 17.0 Å². The summed E-state index contributed by atoms with van der Waals surface area (Å²) in [5.41, 5.74) is 8.46. The number of amides is 1. The van der Waals surface area contributed by atoms with Gasteiger partial charge in [0.25, 0.3) is 11.5 Å². The highest BCUT2D eigenvalue weighted by Crippen LogP contribution is 2.37. The van der Waals surface area contributed by atoms with Crippen molar-refractivity contribution in [1.82, 2.24) is 4.57 Å². The summed E-state index contributed by atoms with van der Waals surface area (Å²) in [6, 6.07) is 25.5. The van der Waals surface area contributed by atoms with Crippen molar-refractivity contribution in [1.29, 1.82) is 5.26 Å². The van der Waals surface area contributed by atoms with Gasteiger partial charge in [0.2, 0.25) is 0 Å². The molecule has 0 fully saturated rings. The van der Waals surface area contributed by atoms with Gasteiger partial charge in [-0.15, -0.1) is 11.3 Å². The molecule has 1 aromatic heterocycles. The molecule has 0 unspecified atom stereocenters. The van der Waals surface area contributed by atoms with Gasteiger partial charge in [-0.2, -0.15) is 5.26 Å². The number of nitrogens with two attached hydrogens (primary N) is 1. The van der Waals surface area contributed by atoms with E-state index in [1.54, 1.807) is 68.8 Å². The summed E-state index contributed by atoms with van der Waals surface area (Å²) in [5.74, 6) is 0.0883. The quantitative estimate of drug-likeness (QED) is 0.391. The standard InChI is InChI=1S/C30H24N4O4S/c1-37-21-12-8-18(9-13-21)16-24-29(36)34-27(32)23(17-31)25(19-10-14-22(38-2)15-11-19)26(30(34)39-24)28(35)33-20-6-4-3-5-7-20/h3-16,25H,32H2,1-2H3,(H,33,35)/b24-16-/t25-/m0/s1. The Bertz CT molecular complexity index is 1800. The zero-order valence-corrected chi connectivity index (χ0v) is 22.0. The number of ether oxygens (including phenoxy) is 2. The number of nitriles is 1. The summed E-state index contributed by atoms with van der Waals surface area (Å²) in [4.78, 5) is 27.5. The number of allylic oxidation sites excluding steroid dienone is 1. The Morgan fingerprint density at radius 1 is 1.00 bits per heavy atom. The maximum absolute atomic E-state index is 13.9. The van der Waals surface area contributed by atoms with Gasteiger partial charge in [-0.3, -0.25) is 14.2 Å². The highest BCUT2D eigenvalue weighted by Gasteiger charge is 2.35. The van der Waals surface area contributed by atoms with Crippen molar-refractivity contribution in [2.24, 2.45) is 5.73 Å². The van der Waals surface area contributed by atoms with E-state index < -0.39 is 17.4 Å². The van der Waals surface area contributed by atoms with Gasteiger partial charge in [0.1, 0.15) is 22.0 Å². The summed E-state index contributed by atoms with van der Waals surface area (Å²) in [6.45, 7) is 0. The Labute approximate surface area is 228 Å². The van der Waals surface area contributed by atoms with Gasteiger partial charge in [0.15, 0.2) is 0 Å². The highest BCUT2D eigenvalue weighted by molar-refractivity contribution is 7.07. The fraction of sp³-hybridized carbons (Fsp3) is 0.100. The summed E-state index contributed by atoms with van der Waals surface area (Å²) < 4.78 is 12.5. The fourth-order valence-corrected chi connectivity index (χ4v) is 5.64. The van der Waals surface area contributed by atoms with Gasteiger partial charge < -0.3 is 20.5 Å². The number of carbonyl (C=O) groups excluding carboxylic acids is 1. The molecule has 4 aromatic rings. The predicted molar refractivity (Wildman–Crippen MR) is 152 cm³/mol. The molecule has 2 heterocycles. The lowest BCUT2D eigenvalue weighted by Gasteiger charge is -2.25. The Kier molecular flexibility index (Phi) is 7.04. The fourth-order valence-electron chi connectivity index (χ4n) is 4.47. The van der Waals surface area contributed by atoms with Crippen LogP contribution in [0.2, 0.25) is 0 Å². The third kappa shape index (κ3) is 4.81. The number of rotatable bonds is 6. The monoisotopic (exact) mass is 536 g/mol. The molecule has 0 bridgehead atoms. The first-order chi connectivity index (χ1) is 18.9. The van der Waals surface area contributed by atoms with Gasteiger partial charge in [0.05, 0.1) is 41.9 Å². The number of anilines is 1. The van der Waals surface area contributed by atoms with Crippen molar-refractivity contribution in [3.05, 3.63) is 115 Å². The number of hydrogen-bond donors (Lipinski definition) is 2. The van der Waals surface area contributed by atoms with E-state index in [1.165, 1.54) is 4.57 Å². The average molecular weight is 537 g/mol. The maximum Gasteiger partial charge on any atom is 0.274 e. The Balaban J connectivity index is 1.78. The number of hydrogen-bond acceptors (Lipinski definition) is 7. The molecule has 5 rings (SSSR count). The van der Waals surface area contributed by atoms with Crippen LogP contribution in [0.4, 0.5) is 5.69 Å². The molecule has 0 radical (unpaired) electrons. The summed E-state index contributed by atoms with van der Waals surface area (Å²) >= 11 is 1.15. The predicted octanol–water partition coefficient (Wildman–Crippen LogP) is 2.99. The topological polar surface area (TPSA) is 119 Å². The molecule has 1 aliphatic heterocycles. The normalized spacial score (nSPS) is 14.9. The lowest BCUT2D eigenvalue weighted by molar-refractivity contribution is -0.111. The molecule has 0 saturated heterocycles. The van der Waals surface area contributed by atoms with Crippen molar-refractivity contribution in [3.8, 4) is 17.6 Å². The third-order valence-electron chi connectivity index (χ3n) is 6.41. The smallest absolute Gasteiger partial charge is 0.274 e. The first-order valence-corrected chi connectivity index (χ1v) is 12.8. The van der Waals surface area contributed by atoms with E-state index in [0.29, 0.717) is 31.9 Å². The van der Waals surface area contributed by atoms with Crippen LogP contribution in [-0.4, -0.2) is 24.7 Å². The molecule has 1 amide bonds. The number of para-hydroxylation sites is 1. The minimum atomic E-state index is -0.795. The Hall–Kier alpha value is -5.07. The van der Waals surface area contributed by atoms with Gasteiger partial charge in [-0.05, 0) is 53.6 Å². The molecule has 1 aliphatic rings. The van der Waals surface area contributed by atoms with Crippen molar-refractivity contribution < 1.29 is 14.3 Å². The molecule has 1 atom stereocenters. The van der Waals surface area contributed by atoms with E-state index in [9.17, 15) is 14.9 Å². The van der Waals surface area contributed by atoms with E-state index >= 15 is 0 Å². The zero-order chi connectivity index (χ0) is 27.5. The van der Waals surface area contributed by atoms with E-state index in [1.807, 2.05) is 30.3 Å². The van der Waals surface area contributed by atoms with Crippen LogP contribution in [0.5, 0.6) is 11.5 Å². The van der Waals surface area contributed by atoms with Crippen molar-refractivity contribution in [2.45, 2.75) is 5.92 Å². The average Bonchev–Trinajstić information content (AvgIpc) is 3.29. The second-order valence-corrected chi connectivity index (χ2v) is 9.71. The third-order valence-corrected chi connectivity index (χ3v) is 7.52. The molecular formula is C30H24N4O4S. The van der Waals surface area contributed by atoms with Crippen LogP contribution in [0.15, 0.2) is 89.2 Å². The SMILES string of the molecule is COc1ccc(/C=c2\sc3n(c2=O)C(N)=C(C#N)[C@H](c2ccc(OC)cc2)C=3C(=O)Nc2ccccc2)cc1. The lowest BCUT2D eigenvalue weighted by atomic mass is 9.83. The minimum Gasteiger partial charge on any atom is -0.497 e. The number of benzene rings is 3. The molecule has 0 spiro atoms. The number of fused-ring (bicyclic) bond motifs is 1. The molecular weight excluding hydrogens is 512 g/mol. The van der Waals surface area contributed by atoms with Crippen LogP contribution in [0, 0.1) is 11.3 Å². The summed E-state index contributed by atoms with van der Waals surface area (Å²) in [6.07, 6.45) is 1.73. The summed E-state index contributed by atoms with van der Waals surface area (Å²) in [5, 5.41) is 13.1. The second-order valence-electron chi connectivity index (χ2n) is 8.68. The molecule has 0 aliphatic carbocycles. The Morgan fingerprint density at radius 2 is 1.62 bits per heavy atom. The number of thiazole rings is 1. The molecule has 3 N–H and O–H groups in total. The van der Waals surface area contributed by atoms with Crippen molar-refractivity contribution in [3.63, 3.8) is 0 Å². The highest BCUT2D eigenvalue weighted by atomic mass is 32.1. The van der Waals surface area contributed by atoms with Crippen LogP contribution in [-0.2, 0) is 4.79 Å². The Morgan fingerprint density at radius 3 is 2.21 bits per heavy atom. The van der Waals surface area contributed by atoms with E-state index in [2.05, 4.69) is 11.4 Å². The van der Waals surface area contributed by atoms with Crippen LogP contribution in [0.25, 0.3) is 17.5 Å². The van der Waals surface area contributed by atoms with Crippen LogP contribution < -0.4 is 35.3 Å². The van der Waals surface area contributed by atoms with E-state index in [4.69, 9.17) is 15.2 Å². The van der Waals surface area contributed by atoms with E-state index in [0.717, 1.165) is 16.9 Å². The molecule has 9 heteroatoms. The van der Waals surface area contributed by atoms with Crippen LogP contribution >= 0.6 is 11.3 Å². The molecule has 8 nitrogen and oxygen atoms in total. The molecule has 194 valence electrons. The van der Waals surface area contributed by atoms with Gasteiger partial charge in [0, 0.05) is 5.69 Å². The molecule has 3 aromatic carbocycles. The van der Waals surface area contributed by atoms with Gasteiger partial charge in [-0.1, -0.05) is 42.5 Å². The number of methoxy groups -OCH3 is 2. The molecule has 0 saturated carbocycles. The first-order valence-electron chi connectivity index (χ1n) is 12.0. The second kappa shape index (κ2) is 10.7. The van der Waals surface area contributed by atoms with Crippen LogP contribution in [0.3, 0.4) is 0 Å². The van der Waals surface area contributed by atoms with Crippen molar-refractivity contribution >= 4 is 40.4 Å². The molecule has 39 heavy (non-hydrogen) atoms. The van der Waals surface area contributed by atoms with Gasteiger partial charge in [-0.25, -0.2) is 0 Å². The first kappa shape index (κ1) is 25.6. The maximum atomic E-state index is 13.9. The summed E-state index contributed by atoms with van der Waals surface area (Å²) in [7, 11) is 3.14. The number of nitrogens with zero attached hydrogens (tertiary/aromatic N) is 2. The number of aromatic nitrogens is 1. The number of carbonyl (C=O) groups is 1. The number of nitrogens with one attached hydrogen (secondary N) is 1.